The Balaban J connectivity index is 1.78. The zero-order chi connectivity index (χ0) is 13.9. The van der Waals surface area contributed by atoms with E-state index in [-0.39, 0.29) is 0 Å². The predicted octanol–water partition coefficient (Wildman–Crippen LogP) is 3.85. The molecule has 1 heterocycles. The van der Waals surface area contributed by atoms with Crippen LogP contribution in [0.5, 0.6) is 0 Å². The highest BCUT2D eigenvalue weighted by Crippen LogP contribution is 2.21. The van der Waals surface area contributed by atoms with Gasteiger partial charge in [-0.25, -0.2) is 0 Å². The third-order valence-electron chi connectivity index (χ3n) is 3.52. The standard InChI is InChI=1S/C17H19N3/c1-20(2)15-7-5-6-14(10-15)18-11-13-12-19-17-9-4-3-8-16(13)17/h3-10,12,18-19H,11H2,1-2H3. The van der Waals surface area contributed by atoms with E-state index < -0.39 is 0 Å². The molecule has 0 spiro atoms. The molecule has 20 heavy (non-hydrogen) atoms. The Hall–Kier alpha value is -2.42. The molecule has 2 aromatic carbocycles. The van der Waals surface area contributed by atoms with Crippen LogP contribution in [-0.4, -0.2) is 19.1 Å². The van der Waals surface area contributed by atoms with Crippen LogP contribution in [0.15, 0.2) is 54.7 Å². The SMILES string of the molecule is CN(C)c1cccc(NCc2c[nH]c3ccccc23)c1. The van der Waals surface area contributed by atoms with Crippen LogP contribution < -0.4 is 10.2 Å². The number of hydrogen-bond acceptors (Lipinski definition) is 2. The van der Waals surface area contributed by atoms with Crippen LogP contribution in [0.1, 0.15) is 5.56 Å². The lowest BCUT2D eigenvalue weighted by molar-refractivity contribution is 1.12. The van der Waals surface area contributed by atoms with Crippen molar-refractivity contribution < 1.29 is 0 Å². The van der Waals surface area contributed by atoms with E-state index in [1.807, 2.05) is 0 Å². The summed E-state index contributed by atoms with van der Waals surface area (Å²) in [5, 5.41) is 4.77. The molecule has 0 fully saturated rings. The fraction of sp³-hybridized carbons (Fsp3) is 0.176. The minimum atomic E-state index is 0.820. The molecule has 3 rings (SSSR count). The molecule has 3 heteroatoms. The molecule has 0 bridgehead atoms. The zero-order valence-corrected chi connectivity index (χ0v) is 11.9. The predicted molar refractivity (Wildman–Crippen MR) is 86.4 cm³/mol. The topological polar surface area (TPSA) is 31.1 Å². The second-order valence-corrected chi connectivity index (χ2v) is 5.16. The first kappa shape index (κ1) is 12.6. The Morgan fingerprint density at radius 1 is 1.05 bits per heavy atom. The summed E-state index contributed by atoms with van der Waals surface area (Å²) in [6.45, 7) is 0.820. The van der Waals surface area contributed by atoms with Crippen LogP contribution >= 0.6 is 0 Å². The molecule has 3 nitrogen and oxygen atoms in total. The fourth-order valence-corrected chi connectivity index (χ4v) is 2.37. The van der Waals surface area contributed by atoms with Crippen molar-refractivity contribution in [1.82, 2.24) is 4.98 Å². The van der Waals surface area contributed by atoms with E-state index in [0.29, 0.717) is 0 Å². The Morgan fingerprint density at radius 3 is 2.75 bits per heavy atom. The maximum atomic E-state index is 3.49. The first-order chi connectivity index (χ1) is 9.74. The number of aromatic nitrogens is 1. The highest BCUT2D eigenvalue weighted by atomic mass is 15.1. The van der Waals surface area contributed by atoms with E-state index in [1.165, 1.54) is 22.2 Å². The van der Waals surface area contributed by atoms with Crippen LogP contribution in [0.4, 0.5) is 11.4 Å². The summed E-state index contributed by atoms with van der Waals surface area (Å²) in [6.07, 6.45) is 2.08. The Bertz CT molecular complexity index is 713. The van der Waals surface area contributed by atoms with Gasteiger partial charge in [0.25, 0.3) is 0 Å². The minimum Gasteiger partial charge on any atom is -0.381 e. The van der Waals surface area contributed by atoms with E-state index in [4.69, 9.17) is 0 Å². The van der Waals surface area contributed by atoms with Gasteiger partial charge in [-0.3, -0.25) is 0 Å². The minimum absolute atomic E-state index is 0.820. The molecule has 0 atom stereocenters. The van der Waals surface area contributed by atoms with Gasteiger partial charge in [0.05, 0.1) is 0 Å². The summed E-state index contributed by atoms with van der Waals surface area (Å²) < 4.78 is 0. The number of rotatable bonds is 4. The van der Waals surface area contributed by atoms with Gasteiger partial charge < -0.3 is 15.2 Å². The normalized spacial score (nSPS) is 10.7. The molecule has 0 aliphatic carbocycles. The number of anilines is 2. The van der Waals surface area contributed by atoms with Crippen molar-refractivity contribution in [3.05, 3.63) is 60.3 Å². The van der Waals surface area contributed by atoms with Gasteiger partial charge in [0.15, 0.2) is 0 Å². The van der Waals surface area contributed by atoms with Gasteiger partial charge in [0.2, 0.25) is 0 Å². The molecule has 0 saturated carbocycles. The van der Waals surface area contributed by atoms with Crippen molar-refractivity contribution in [2.75, 3.05) is 24.3 Å². The number of benzene rings is 2. The first-order valence-electron chi connectivity index (χ1n) is 6.80. The molecule has 0 aliphatic heterocycles. The maximum absolute atomic E-state index is 3.49. The van der Waals surface area contributed by atoms with Gasteiger partial charge in [0, 0.05) is 49.1 Å². The summed E-state index contributed by atoms with van der Waals surface area (Å²) in [7, 11) is 4.11. The second kappa shape index (κ2) is 5.29. The lowest BCUT2D eigenvalue weighted by atomic mass is 10.1. The van der Waals surface area contributed by atoms with Crippen LogP contribution in [-0.2, 0) is 6.54 Å². The average molecular weight is 265 g/mol. The molecular weight excluding hydrogens is 246 g/mol. The third-order valence-corrected chi connectivity index (χ3v) is 3.52. The van der Waals surface area contributed by atoms with Crippen molar-refractivity contribution in [3.63, 3.8) is 0 Å². The van der Waals surface area contributed by atoms with Gasteiger partial charge in [-0.15, -0.1) is 0 Å². The molecular formula is C17H19N3. The third kappa shape index (κ3) is 2.48. The summed E-state index contributed by atoms with van der Waals surface area (Å²) >= 11 is 0. The molecule has 102 valence electrons. The first-order valence-corrected chi connectivity index (χ1v) is 6.80. The van der Waals surface area contributed by atoms with Gasteiger partial charge in [-0.05, 0) is 29.8 Å². The van der Waals surface area contributed by atoms with Crippen molar-refractivity contribution in [2.45, 2.75) is 6.54 Å². The van der Waals surface area contributed by atoms with Gasteiger partial charge >= 0.3 is 0 Å². The molecule has 2 N–H and O–H groups in total. The Kier molecular flexibility index (Phi) is 3.33. The van der Waals surface area contributed by atoms with Crippen molar-refractivity contribution in [1.29, 1.82) is 0 Å². The van der Waals surface area contributed by atoms with E-state index in [0.717, 1.165) is 12.2 Å². The number of H-pyrrole nitrogens is 1. The molecule has 3 aromatic rings. The highest BCUT2D eigenvalue weighted by Gasteiger charge is 2.03. The van der Waals surface area contributed by atoms with E-state index in [1.54, 1.807) is 0 Å². The zero-order valence-electron chi connectivity index (χ0n) is 11.9. The Morgan fingerprint density at radius 2 is 1.90 bits per heavy atom. The lowest BCUT2D eigenvalue weighted by Gasteiger charge is -2.14. The second-order valence-electron chi connectivity index (χ2n) is 5.16. The summed E-state index contributed by atoms with van der Waals surface area (Å²) in [5.74, 6) is 0. The number of hydrogen-bond donors (Lipinski definition) is 2. The maximum Gasteiger partial charge on any atom is 0.0457 e. The smallest absolute Gasteiger partial charge is 0.0457 e. The number of nitrogens with one attached hydrogen (secondary N) is 2. The summed E-state index contributed by atoms with van der Waals surface area (Å²) in [6, 6.07) is 16.8. The van der Waals surface area contributed by atoms with Crippen molar-refractivity contribution >= 4 is 22.3 Å². The van der Waals surface area contributed by atoms with E-state index in [2.05, 4.69) is 84.0 Å². The molecule has 0 amide bonds. The number of para-hydroxylation sites is 1. The van der Waals surface area contributed by atoms with Gasteiger partial charge in [-0.1, -0.05) is 24.3 Å². The summed E-state index contributed by atoms with van der Waals surface area (Å²) in [5.41, 5.74) is 4.82. The molecule has 1 aromatic heterocycles. The quantitative estimate of drug-likeness (QED) is 0.751. The van der Waals surface area contributed by atoms with Crippen molar-refractivity contribution in [2.24, 2.45) is 0 Å². The van der Waals surface area contributed by atoms with Gasteiger partial charge in [0.1, 0.15) is 0 Å². The fourth-order valence-electron chi connectivity index (χ4n) is 2.37. The lowest BCUT2D eigenvalue weighted by Crippen LogP contribution is -2.09. The number of aromatic amines is 1. The Labute approximate surface area is 119 Å². The average Bonchev–Trinajstić information content (AvgIpc) is 2.89. The number of nitrogens with zero attached hydrogens (tertiary/aromatic N) is 1. The largest absolute Gasteiger partial charge is 0.381 e. The van der Waals surface area contributed by atoms with Crippen LogP contribution in [0.3, 0.4) is 0 Å². The molecule has 0 unspecified atom stereocenters. The number of fused-ring (bicyclic) bond motifs is 1. The molecule has 0 saturated heterocycles. The van der Waals surface area contributed by atoms with Crippen LogP contribution in [0, 0.1) is 0 Å². The van der Waals surface area contributed by atoms with Crippen LogP contribution in [0.25, 0.3) is 10.9 Å². The van der Waals surface area contributed by atoms with Crippen LogP contribution in [0.2, 0.25) is 0 Å². The molecule has 0 aliphatic rings. The highest BCUT2D eigenvalue weighted by molar-refractivity contribution is 5.83. The van der Waals surface area contributed by atoms with Crippen molar-refractivity contribution in [3.8, 4) is 0 Å². The van der Waals surface area contributed by atoms with E-state index in [9.17, 15) is 0 Å². The monoisotopic (exact) mass is 265 g/mol. The molecule has 0 radical (unpaired) electrons. The summed E-state index contributed by atoms with van der Waals surface area (Å²) in [4.78, 5) is 5.41. The van der Waals surface area contributed by atoms with E-state index >= 15 is 0 Å². The van der Waals surface area contributed by atoms with Gasteiger partial charge in [-0.2, -0.15) is 0 Å².